The molecule has 0 aliphatic carbocycles. The van der Waals surface area contributed by atoms with Crippen LogP contribution in [0.3, 0.4) is 0 Å². The van der Waals surface area contributed by atoms with E-state index in [1.165, 1.54) is 7.11 Å². The zero-order chi connectivity index (χ0) is 13.6. The molecule has 18 heavy (non-hydrogen) atoms. The number of hydrogen-bond acceptors (Lipinski definition) is 4. The zero-order valence-electron chi connectivity index (χ0n) is 10.0. The molecular weight excluding hydrogens is 272 g/mol. The number of methoxy groups -OCH3 is 1. The van der Waals surface area contributed by atoms with Crippen LogP contribution in [0, 0.1) is 0 Å². The van der Waals surface area contributed by atoms with Crippen molar-refractivity contribution < 1.29 is 13.2 Å². The lowest BCUT2D eigenvalue weighted by molar-refractivity contribution is 0.199. The minimum absolute atomic E-state index is 0.00743. The van der Waals surface area contributed by atoms with Crippen LogP contribution < -0.4 is 10.5 Å². The van der Waals surface area contributed by atoms with Crippen LogP contribution in [0.4, 0.5) is 5.69 Å². The average molecular weight is 288 g/mol. The van der Waals surface area contributed by atoms with E-state index < -0.39 is 10.0 Å². The molecule has 5 nitrogen and oxygen atoms in total. The summed E-state index contributed by atoms with van der Waals surface area (Å²) < 4.78 is 30.9. The van der Waals surface area contributed by atoms with E-state index in [1.807, 2.05) is 0 Å². The van der Waals surface area contributed by atoms with Crippen molar-refractivity contribution in [3.8, 4) is 0 Å². The molecule has 0 heterocycles. The van der Waals surface area contributed by atoms with Gasteiger partial charge in [0.25, 0.3) is 0 Å². The van der Waals surface area contributed by atoms with Gasteiger partial charge in [-0.2, -0.15) is 0 Å². The van der Waals surface area contributed by atoms with Crippen LogP contribution in [0.2, 0.25) is 0 Å². The Morgan fingerprint density at radius 1 is 1.44 bits per heavy atom. The SMILES string of the molecule is COCCCS(=O)(=O)Nc1ccccc1C(N)=S. The number of sulfonamides is 1. The Labute approximate surface area is 112 Å². The fraction of sp³-hybridized carbons (Fsp3) is 0.364. The standard InChI is InChI=1S/C11H16N2O3S2/c1-16-7-4-8-18(14,15)13-10-6-3-2-5-9(10)11(12)17/h2-3,5-6,13H,4,7-8H2,1H3,(H2,12,17). The quantitative estimate of drug-likeness (QED) is 0.580. The summed E-state index contributed by atoms with van der Waals surface area (Å²) in [7, 11) is -1.88. The van der Waals surface area contributed by atoms with Crippen molar-refractivity contribution in [2.24, 2.45) is 5.73 Å². The summed E-state index contributed by atoms with van der Waals surface area (Å²) in [5, 5.41) is 0. The summed E-state index contributed by atoms with van der Waals surface area (Å²) in [6.45, 7) is 0.401. The summed E-state index contributed by atoms with van der Waals surface area (Å²) in [6.07, 6.45) is 0.432. The molecule has 100 valence electrons. The molecule has 0 bridgehead atoms. The molecule has 0 saturated heterocycles. The second kappa shape index (κ2) is 6.67. The summed E-state index contributed by atoms with van der Waals surface area (Å²) in [6, 6.07) is 6.77. The van der Waals surface area contributed by atoms with Crippen LogP contribution in [0.5, 0.6) is 0 Å². The fourth-order valence-corrected chi connectivity index (χ4v) is 2.69. The van der Waals surface area contributed by atoms with Crippen LogP contribution in [-0.4, -0.2) is 32.9 Å². The highest BCUT2D eigenvalue weighted by Gasteiger charge is 2.13. The van der Waals surface area contributed by atoms with E-state index in [0.29, 0.717) is 24.3 Å². The molecule has 0 saturated carbocycles. The van der Waals surface area contributed by atoms with Crippen molar-refractivity contribution in [1.82, 2.24) is 0 Å². The molecule has 0 fully saturated rings. The molecule has 0 amide bonds. The molecule has 0 radical (unpaired) electrons. The van der Waals surface area contributed by atoms with E-state index in [9.17, 15) is 8.42 Å². The van der Waals surface area contributed by atoms with E-state index >= 15 is 0 Å². The van der Waals surface area contributed by atoms with Gasteiger partial charge in [-0.25, -0.2) is 8.42 Å². The molecule has 0 unspecified atom stereocenters. The maximum Gasteiger partial charge on any atom is 0.232 e. The van der Waals surface area contributed by atoms with Crippen LogP contribution >= 0.6 is 12.2 Å². The van der Waals surface area contributed by atoms with Crippen molar-refractivity contribution in [2.75, 3.05) is 24.2 Å². The number of para-hydroxylation sites is 1. The first kappa shape index (κ1) is 14.9. The van der Waals surface area contributed by atoms with E-state index in [-0.39, 0.29) is 10.7 Å². The lowest BCUT2D eigenvalue weighted by Crippen LogP contribution is -2.20. The fourth-order valence-electron chi connectivity index (χ4n) is 1.40. The van der Waals surface area contributed by atoms with Gasteiger partial charge < -0.3 is 10.5 Å². The number of thiocarbonyl (C=S) groups is 1. The lowest BCUT2D eigenvalue weighted by Gasteiger charge is -2.11. The zero-order valence-corrected chi connectivity index (χ0v) is 11.7. The topological polar surface area (TPSA) is 81.4 Å². The molecule has 1 aromatic carbocycles. The smallest absolute Gasteiger partial charge is 0.232 e. The number of benzene rings is 1. The minimum atomic E-state index is -3.41. The van der Waals surface area contributed by atoms with Crippen LogP contribution in [-0.2, 0) is 14.8 Å². The van der Waals surface area contributed by atoms with E-state index in [1.54, 1.807) is 24.3 Å². The third-order valence-corrected chi connectivity index (χ3v) is 3.80. The number of rotatable bonds is 7. The van der Waals surface area contributed by atoms with Crippen LogP contribution in [0.1, 0.15) is 12.0 Å². The van der Waals surface area contributed by atoms with Gasteiger partial charge in [0.15, 0.2) is 0 Å². The molecule has 0 atom stereocenters. The summed E-state index contributed by atoms with van der Waals surface area (Å²) in [4.78, 5) is 0.158. The Bertz CT molecular complexity index is 515. The first-order chi connectivity index (χ1) is 8.46. The second-order valence-electron chi connectivity index (χ2n) is 3.68. The molecule has 0 aromatic heterocycles. The summed E-state index contributed by atoms with van der Waals surface area (Å²) >= 11 is 4.87. The Morgan fingerprint density at radius 2 is 2.11 bits per heavy atom. The molecule has 1 aromatic rings. The van der Waals surface area contributed by atoms with E-state index in [4.69, 9.17) is 22.7 Å². The monoisotopic (exact) mass is 288 g/mol. The first-order valence-electron chi connectivity index (χ1n) is 5.34. The van der Waals surface area contributed by atoms with Gasteiger partial charge in [0.1, 0.15) is 4.99 Å². The van der Waals surface area contributed by atoms with Gasteiger partial charge in [0.2, 0.25) is 10.0 Å². The van der Waals surface area contributed by atoms with E-state index in [0.717, 1.165) is 0 Å². The third-order valence-electron chi connectivity index (χ3n) is 2.22. The second-order valence-corrected chi connectivity index (χ2v) is 5.96. The summed E-state index contributed by atoms with van der Waals surface area (Å²) in [5.74, 6) is -0.00743. The van der Waals surface area contributed by atoms with E-state index in [2.05, 4.69) is 4.72 Å². The molecule has 7 heteroatoms. The molecule has 0 spiro atoms. The van der Waals surface area contributed by atoms with Gasteiger partial charge in [-0.05, 0) is 18.6 Å². The van der Waals surface area contributed by atoms with Gasteiger partial charge in [-0.1, -0.05) is 24.4 Å². The molecule has 1 rings (SSSR count). The molecule has 0 aliphatic heterocycles. The summed E-state index contributed by atoms with van der Waals surface area (Å²) in [5.41, 5.74) is 6.45. The predicted octanol–water partition coefficient (Wildman–Crippen LogP) is 1.10. The number of nitrogens with one attached hydrogen (secondary N) is 1. The third kappa shape index (κ3) is 4.59. The van der Waals surface area contributed by atoms with Crippen molar-refractivity contribution in [1.29, 1.82) is 0 Å². The van der Waals surface area contributed by atoms with Gasteiger partial charge in [0, 0.05) is 19.3 Å². The van der Waals surface area contributed by atoms with Gasteiger partial charge in [-0.3, -0.25) is 4.72 Å². The number of anilines is 1. The van der Waals surface area contributed by atoms with Crippen molar-refractivity contribution in [2.45, 2.75) is 6.42 Å². The average Bonchev–Trinajstić information content (AvgIpc) is 2.29. The number of hydrogen-bond donors (Lipinski definition) is 2. The highest BCUT2D eigenvalue weighted by Crippen LogP contribution is 2.16. The maximum atomic E-state index is 11.8. The highest BCUT2D eigenvalue weighted by molar-refractivity contribution is 7.92. The maximum absolute atomic E-state index is 11.8. The largest absolute Gasteiger partial charge is 0.389 e. The van der Waals surface area contributed by atoms with Gasteiger partial charge in [0.05, 0.1) is 11.4 Å². The normalized spacial score (nSPS) is 11.2. The Morgan fingerprint density at radius 3 is 2.72 bits per heavy atom. The number of nitrogens with two attached hydrogens (primary N) is 1. The molecular formula is C11H16N2O3S2. The molecule has 0 aliphatic rings. The Balaban J connectivity index is 2.81. The van der Waals surface area contributed by atoms with Crippen LogP contribution in [0.15, 0.2) is 24.3 Å². The first-order valence-corrected chi connectivity index (χ1v) is 7.40. The van der Waals surface area contributed by atoms with Crippen molar-refractivity contribution >= 4 is 32.9 Å². The number of ether oxygens (including phenoxy) is 1. The molecule has 3 N–H and O–H groups in total. The Hall–Kier alpha value is -1.18. The van der Waals surface area contributed by atoms with Gasteiger partial charge in [-0.15, -0.1) is 0 Å². The Kier molecular flexibility index (Phi) is 5.52. The van der Waals surface area contributed by atoms with Gasteiger partial charge >= 0.3 is 0 Å². The van der Waals surface area contributed by atoms with Crippen molar-refractivity contribution in [3.63, 3.8) is 0 Å². The lowest BCUT2D eigenvalue weighted by atomic mass is 10.2. The highest BCUT2D eigenvalue weighted by atomic mass is 32.2. The van der Waals surface area contributed by atoms with Crippen LogP contribution in [0.25, 0.3) is 0 Å². The minimum Gasteiger partial charge on any atom is -0.389 e. The van der Waals surface area contributed by atoms with Crippen molar-refractivity contribution in [3.05, 3.63) is 29.8 Å². The predicted molar refractivity (Wildman–Crippen MR) is 76.2 cm³/mol.